The van der Waals surface area contributed by atoms with Crippen LogP contribution in [0.2, 0.25) is 0 Å². The van der Waals surface area contributed by atoms with Crippen molar-refractivity contribution in [3.8, 4) is 5.75 Å². The zero-order chi connectivity index (χ0) is 29.2. The van der Waals surface area contributed by atoms with Gasteiger partial charge in [-0.05, 0) is 105 Å². The van der Waals surface area contributed by atoms with Gasteiger partial charge in [-0.3, -0.25) is 19.2 Å². The number of amides is 2. The molecule has 0 heterocycles. The van der Waals surface area contributed by atoms with E-state index < -0.39 is 5.97 Å². The second kappa shape index (κ2) is 14.7. The molecule has 0 atom stereocenters. The van der Waals surface area contributed by atoms with Gasteiger partial charge < -0.3 is 25.2 Å². The van der Waals surface area contributed by atoms with Crippen LogP contribution < -0.4 is 15.4 Å². The molecular formula is C32H40N2O7. The number of nitrogens with one attached hydrogen (secondary N) is 2. The average molecular weight is 565 g/mol. The van der Waals surface area contributed by atoms with Gasteiger partial charge in [0.05, 0.1) is 19.1 Å². The Kier molecular flexibility index (Phi) is 10.8. The Bertz CT molecular complexity index is 1180. The first-order valence-corrected chi connectivity index (χ1v) is 14.5. The van der Waals surface area contributed by atoms with Gasteiger partial charge in [0.15, 0.2) is 0 Å². The number of methoxy groups -OCH3 is 1. The van der Waals surface area contributed by atoms with Crippen LogP contribution in [0.4, 0.5) is 5.69 Å². The largest absolute Gasteiger partial charge is 0.490 e. The van der Waals surface area contributed by atoms with E-state index in [1.807, 2.05) is 12.1 Å². The number of hydrogen-bond acceptors (Lipinski definition) is 6. The SMILES string of the molecule is COC(=O)CC1CCC(c2ccc(NC(=O)CCNC(=O)c3ccc(OC4CCC(C(=O)O)CC4)cc3)cc2)CC1. The molecule has 0 saturated heterocycles. The van der Waals surface area contributed by atoms with Gasteiger partial charge in [0.1, 0.15) is 5.75 Å². The summed E-state index contributed by atoms with van der Waals surface area (Å²) in [5.74, 6) is -0.0998. The number of benzene rings is 2. The lowest BCUT2D eigenvalue weighted by molar-refractivity contribution is -0.143. The number of hydrogen-bond donors (Lipinski definition) is 3. The Morgan fingerprint density at radius 3 is 2.12 bits per heavy atom. The van der Waals surface area contributed by atoms with Crippen LogP contribution in [0.25, 0.3) is 0 Å². The van der Waals surface area contributed by atoms with E-state index in [9.17, 15) is 19.2 Å². The van der Waals surface area contributed by atoms with Crippen LogP contribution in [0, 0.1) is 11.8 Å². The molecule has 4 rings (SSSR count). The van der Waals surface area contributed by atoms with E-state index in [0.29, 0.717) is 55.3 Å². The van der Waals surface area contributed by atoms with Gasteiger partial charge in [-0.15, -0.1) is 0 Å². The molecule has 0 aliphatic heterocycles. The second-order valence-corrected chi connectivity index (χ2v) is 11.1. The third kappa shape index (κ3) is 9.06. The van der Waals surface area contributed by atoms with Crippen molar-refractivity contribution in [3.05, 3.63) is 59.7 Å². The topological polar surface area (TPSA) is 131 Å². The lowest BCUT2D eigenvalue weighted by Gasteiger charge is -2.28. The van der Waals surface area contributed by atoms with Gasteiger partial charge in [0.25, 0.3) is 5.91 Å². The van der Waals surface area contributed by atoms with Crippen molar-refractivity contribution in [2.75, 3.05) is 19.0 Å². The molecule has 0 radical (unpaired) electrons. The molecule has 41 heavy (non-hydrogen) atoms. The quantitative estimate of drug-likeness (QED) is 0.316. The first-order chi connectivity index (χ1) is 19.8. The summed E-state index contributed by atoms with van der Waals surface area (Å²) in [6, 6.07) is 14.8. The van der Waals surface area contributed by atoms with E-state index in [-0.39, 0.29) is 42.8 Å². The summed E-state index contributed by atoms with van der Waals surface area (Å²) in [6.45, 7) is 0.211. The minimum atomic E-state index is -0.741. The fraction of sp³-hybridized carbons (Fsp3) is 0.500. The Hall–Kier alpha value is -3.88. The maximum Gasteiger partial charge on any atom is 0.306 e. The third-order valence-electron chi connectivity index (χ3n) is 8.28. The molecule has 0 bridgehead atoms. The number of anilines is 1. The molecular weight excluding hydrogens is 524 g/mol. The molecule has 2 aromatic rings. The van der Waals surface area contributed by atoms with Crippen LogP contribution in [0.15, 0.2) is 48.5 Å². The lowest BCUT2D eigenvalue weighted by Crippen LogP contribution is -2.28. The van der Waals surface area contributed by atoms with Gasteiger partial charge >= 0.3 is 11.9 Å². The number of aliphatic carboxylic acids is 1. The van der Waals surface area contributed by atoms with Crippen molar-refractivity contribution < 1.29 is 33.8 Å². The molecule has 0 spiro atoms. The number of carboxylic acid groups (broad SMARTS) is 1. The van der Waals surface area contributed by atoms with E-state index in [1.54, 1.807) is 24.3 Å². The van der Waals surface area contributed by atoms with E-state index in [2.05, 4.69) is 22.8 Å². The predicted octanol–water partition coefficient (Wildman–Crippen LogP) is 5.30. The molecule has 2 saturated carbocycles. The molecule has 2 aliphatic rings. The van der Waals surface area contributed by atoms with Crippen LogP contribution >= 0.6 is 0 Å². The van der Waals surface area contributed by atoms with Gasteiger partial charge in [-0.2, -0.15) is 0 Å². The van der Waals surface area contributed by atoms with Crippen molar-refractivity contribution in [2.45, 2.75) is 76.2 Å². The Morgan fingerprint density at radius 1 is 0.854 bits per heavy atom. The average Bonchev–Trinajstić information content (AvgIpc) is 2.98. The predicted molar refractivity (Wildman–Crippen MR) is 154 cm³/mol. The summed E-state index contributed by atoms with van der Waals surface area (Å²) < 4.78 is 10.7. The summed E-state index contributed by atoms with van der Waals surface area (Å²) in [6.07, 6.45) is 7.36. The Balaban J connectivity index is 1.14. The molecule has 2 fully saturated rings. The van der Waals surface area contributed by atoms with E-state index in [0.717, 1.165) is 31.4 Å². The molecule has 9 nitrogen and oxygen atoms in total. The van der Waals surface area contributed by atoms with E-state index in [4.69, 9.17) is 14.6 Å². The number of rotatable bonds is 11. The van der Waals surface area contributed by atoms with Crippen molar-refractivity contribution in [1.82, 2.24) is 5.32 Å². The van der Waals surface area contributed by atoms with Crippen LogP contribution in [0.5, 0.6) is 5.75 Å². The number of ether oxygens (including phenoxy) is 2. The number of carbonyl (C=O) groups is 4. The summed E-state index contributed by atoms with van der Waals surface area (Å²) >= 11 is 0. The summed E-state index contributed by atoms with van der Waals surface area (Å²) in [5.41, 5.74) is 2.44. The number of carboxylic acids is 1. The molecule has 2 aliphatic carbocycles. The third-order valence-corrected chi connectivity index (χ3v) is 8.28. The van der Waals surface area contributed by atoms with Gasteiger partial charge in [0, 0.05) is 30.6 Å². The highest BCUT2D eigenvalue weighted by atomic mass is 16.5. The maximum absolute atomic E-state index is 12.5. The minimum Gasteiger partial charge on any atom is -0.490 e. The highest BCUT2D eigenvalue weighted by molar-refractivity contribution is 5.95. The van der Waals surface area contributed by atoms with Crippen molar-refractivity contribution in [3.63, 3.8) is 0 Å². The summed E-state index contributed by atoms with van der Waals surface area (Å²) in [5, 5.41) is 14.8. The fourth-order valence-corrected chi connectivity index (χ4v) is 5.78. The van der Waals surface area contributed by atoms with Crippen molar-refractivity contribution in [1.29, 1.82) is 0 Å². The zero-order valence-corrected chi connectivity index (χ0v) is 23.6. The van der Waals surface area contributed by atoms with Gasteiger partial charge in [-0.1, -0.05) is 12.1 Å². The molecule has 2 amide bonds. The van der Waals surface area contributed by atoms with Crippen LogP contribution in [0.1, 0.15) is 86.0 Å². The molecule has 2 aromatic carbocycles. The Labute approximate surface area is 241 Å². The van der Waals surface area contributed by atoms with Crippen LogP contribution in [0.3, 0.4) is 0 Å². The monoisotopic (exact) mass is 564 g/mol. The van der Waals surface area contributed by atoms with E-state index >= 15 is 0 Å². The minimum absolute atomic E-state index is 0.0145. The lowest BCUT2D eigenvalue weighted by atomic mass is 9.77. The molecule has 9 heteroatoms. The number of carbonyl (C=O) groups excluding carboxylic acids is 3. The molecule has 0 aromatic heterocycles. The number of esters is 1. The highest BCUT2D eigenvalue weighted by Crippen LogP contribution is 2.37. The molecule has 0 unspecified atom stereocenters. The van der Waals surface area contributed by atoms with Crippen molar-refractivity contribution >= 4 is 29.4 Å². The molecule has 220 valence electrons. The summed E-state index contributed by atoms with van der Waals surface area (Å²) in [7, 11) is 1.43. The normalized spacial score (nSPS) is 22.3. The highest BCUT2D eigenvalue weighted by Gasteiger charge is 2.27. The zero-order valence-electron chi connectivity index (χ0n) is 23.6. The smallest absolute Gasteiger partial charge is 0.306 e. The fourth-order valence-electron chi connectivity index (χ4n) is 5.78. The second-order valence-electron chi connectivity index (χ2n) is 11.1. The van der Waals surface area contributed by atoms with Gasteiger partial charge in [0.2, 0.25) is 5.91 Å². The molecule has 3 N–H and O–H groups in total. The first-order valence-electron chi connectivity index (χ1n) is 14.5. The van der Waals surface area contributed by atoms with Crippen LogP contribution in [-0.4, -0.2) is 48.6 Å². The van der Waals surface area contributed by atoms with Crippen LogP contribution in [-0.2, 0) is 19.1 Å². The van der Waals surface area contributed by atoms with E-state index in [1.165, 1.54) is 12.7 Å². The van der Waals surface area contributed by atoms with Gasteiger partial charge in [-0.25, -0.2) is 0 Å². The summed E-state index contributed by atoms with van der Waals surface area (Å²) in [4.78, 5) is 47.5. The standard InChI is InChI=1S/C32H40N2O7/c1-40-30(36)20-21-2-4-22(5-3-21)23-6-12-26(13-7-23)34-29(35)18-19-33-31(37)24-8-14-27(15-9-24)41-28-16-10-25(11-17-28)32(38)39/h6-9,12-15,21-22,25,28H,2-5,10-11,16-20H2,1H3,(H,33,37)(H,34,35)(H,38,39). The maximum atomic E-state index is 12.5. The van der Waals surface area contributed by atoms with Crippen molar-refractivity contribution in [2.24, 2.45) is 11.8 Å². The Morgan fingerprint density at radius 2 is 1.51 bits per heavy atom. The first kappa shape index (κ1) is 30.1.